The first-order valence-electron chi connectivity index (χ1n) is 6.54. The molecule has 0 amide bonds. The summed E-state index contributed by atoms with van der Waals surface area (Å²) in [6.45, 7) is 3.82. The quantitative estimate of drug-likeness (QED) is 0.756. The molecule has 0 unspecified atom stereocenters. The van der Waals surface area contributed by atoms with Gasteiger partial charge >= 0.3 is 6.01 Å². The molecule has 0 aliphatic heterocycles. The van der Waals surface area contributed by atoms with E-state index < -0.39 is 0 Å². The molecule has 1 saturated carbocycles. The van der Waals surface area contributed by atoms with Gasteiger partial charge < -0.3 is 15.4 Å². The molecule has 106 valence electrons. The van der Waals surface area contributed by atoms with Gasteiger partial charge in [0.25, 0.3) is 0 Å². The number of rotatable bonds is 8. The van der Waals surface area contributed by atoms with Gasteiger partial charge in [-0.15, -0.1) is 0 Å². The molecule has 1 aromatic heterocycles. The molecule has 7 heteroatoms. The van der Waals surface area contributed by atoms with E-state index in [1.54, 1.807) is 7.11 Å². The van der Waals surface area contributed by atoms with Crippen molar-refractivity contribution in [2.24, 2.45) is 0 Å². The summed E-state index contributed by atoms with van der Waals surface area (Å²) in [5.41, 5.74) is 0. The average Bonchev–Trinajstić information content (AvgIpc) is 3.23. The average molecular weight is 283 g/mol. The third-order valence-corrected chi connectivity index (χ3v) is 4.56. The van der Waals surface area contributed by atoms with Crippen LogP contribution in [0.2, 0.25) is 0 Å². The first kappa shape index (κ1) is 14.2. The molecule has 0 saturated heterocycles. The molecular weight excluding hydrogens is 262 g/mol. The molecule has 1 fully saturated rings. The highest BCUT2D eigenvalue weighted by molar-refractivity contribution is 8.00. The normalized spacial score (nSPS) is 15.9. The number of aromatic nitrogens is 3. The Hall–Kier alpha value is -1.24. The zero-order valence-electron chi connectivity index (χ0n) is 11.7. The minimum atomic E-state index is 0.338. The molecule has 1 aliphatic rings. The van der Waals surface area contributed by atoms with Gasteiger partial charge in [-0.2, -0.15) is 26.7 Å². The van der Waals surface area contributed by atoms with Gasteiger partial charge in [0.05, 0.1) is 7.11 Å². The Balaban J connectivity index is 2.01. The number of methoxy groups -OCH3 is 1. The first-order valence-corrected chi connectivity index (χ1v) is 7.77. The van der Waals surface area contributed by atoms with Crippen molar-refractivity contribution in [3.63, 3.8) is 0 Å². The molecule has 2 rings (SSSR count). The van der Waals surface area contributed by atoms with Crippen LogP contribution in [0, 0.1) is 0 Å². The van der Waals surface area contributed by atoms with Gasteiger partial charge in [0.15, 0.2) is 0 Å². The summed E-state index contributed by atoms with van der Waals surface area (Å²) in [6, 6.07) is 0.338. The molecule has 19 heavy (non-hydrogen) atoms. The van der Waals surface area contributed by atoms with Crippen LogP contribution in [0.15, 0.2) is 0 Å². The van der Waals surface area contributed by atoms with Gasteiger partial charge in [0.2, 0.25) is 11.9 Å². The maximum Gasteiger partial charge on any atom is 0.322 e. The zero-order chi connectivity index (χ0) is 13.7. The Morgan fingerprint density at radius 2 is 1.89 bits per heavy atom. The predicted molar refractivity (Wildman–Crippen MR) is 79.1 cm³/mol. The fourth-order valence-corrected chi connectivity index (χ4v) is 2.40. The highest BCUT2D eigenvalue weighted by Crippen LogP contribution is 2.46. The summed E-state index contributed by atoms with van der Waals surface area (Å²) in [4.78, 5) is 12.7. The maximum absolute atomic E-state index is 5.10. The van der Waals surface area contributed by atoms with Crippen LogP contribution in [0.3, 0.4) is 0 Å². The molecular formula is C12H21N5OS. The third-order valence-electron chi connectivity index (χ3n) is 3.14. The van der Waals surface area contributed by atoms with Crippen molar-refractivity contribution >= 4 is 23.7 Å². The second-order valence-electron chi connectivity index (χ2n) is 4.64. The minimum Gasteiger partial charge on any atom is -0.467 e. The van der Waals surface area contributed by atoms with E-state index in [9.17, 15) is 0 Å². The van der Waals surface area contributed by atoms with E-state index >= 15 is 0 Å². The molecule has 0 aromatic carbocycles. The lowest BCUT2D eigenvalue weighted by Gasteiger charge is -2.13. The van der Waals surface area contributed by atoms with Crippen molar-refractivity contribution in [2.75, 3.05) is 37.1 Å². The molecule has 1 aromatic rings. The largest absolute Gasteiger partial charge is 0.467 e. The van der Waals surface area contributed by atoms with E-state index in [1.165, 1.54) is 12.8 Å². The van der Waals surface area contributed by atoms with E-state index in [2.05, 4.69) is 38.8 Å². The van der Waals surface area contributed by atoms with Crippen LogP contribution >= 0.6 is 11.8 Å². The summed E-state index contributed by atoms with van der Waals surface area (Å²) in [6.07, 6.45) is 5.68. The highest BCUT2D eigenvalue weighted by atomic mass is 32.2. The van der Waals surface area contributed by atoms with Crippen LogP contribution in [0.25, 0.3) is 0 Å². The highest BCUT2D eigenvalue weighted by Gasteiger charge is 2.41. The number of anilines is 2. The Bertz CT molecular complexity index is 425. The fourth-order valence-electron chi connectivity index (χ4n) is 1.68. The number of hydrogen-bond acceptors (Lipinski definition) is 7. The van der Waals surface area contributed by atoms with Crippen LogP contribution in [-0.2, 0) is 0 Å². The Morgan fingerprint density at radius 1 is 1.21 bits per heavy atom. The first-order chi connectivity index (χ1) is 9.21. The lowest BCUT2D eigenvalue weighted by atomic mass is 10.4. The molecule has 1 heterocycles. The van der Waals surface area contributed by atoms with Crippen molar-refractivity contribution in [1.82, 2.24) is 15.0 Å². The van der Waals surface area contributed by atoms with Gasteiger partial charge in [0.1, 0.15) is 0 Å². The Kier molecular flexibility index (Phi) is 4.68. The van der Waals surface area contributed by atoms with Crippen molar-refractivity contribution in [3.8, 4) is 6.01 Å². The monoisotopic (exact) mass is 283 g/mol. The third kappa shape index (κ3) is 3.86. The second-order valence-corrected chi connectivity index (χ2v) is 5.91. The minimum absolute atomic E-state index is 0.338. The molecule has 2 N–H and O–H groups in total. The van der Waals surface area contributed by atoms with Crippen molar-refractivity contribution in [2.45, 2.75) is 30.9 Å². The van der Waals surface area contributed by atoms with Gasteiger partial charge in [-0.1, -0.05) is 6.92 Å². The zero-order valence-corrected chi connectivity index (χ0v) is 12.5. The summed E-state index contributed by atoms with van der Waals surface area (Å²) in [7, 11) is 1.56. The van der Waals surface area contributed by atoms with Gasteiger partial charge in [-0.05, 0) is 25.5 Å². The molecule has 6 nitrogen and oxygen atoms in total. The smallest absolute Gasteiger partial charge is 0.322 e. The molecule has 0 bridgehead atoms. The topological polar surface area (TPSA) is 72.0 Å². The van der Waals surface area contributed by atoms with E-state index in [-0.39, 0.29) is 0 Å². The van der Waals surface area contributed by atoms with Crippen LogP contribution in [0.1, 0.15) is 26.2 Å². The van der Waals surface area contributed by atoms with Gasteiger partial charge in [-0.3, -0.25) is 0 Å². The van der Waals surface area contributed by atoms with Gasteiger partial charge in [-0.25, -0.2) is 0 Å². The molecule has 0 radical (unpaired) electrons. The molecule has 1 aliphatic carbocycles. The van der Waals surface area contributed by atoms with E-state index in [4.69, 9.17) is 4.74 Å². The predicted octanol–water partition coefficient (Wildman–Crippen LogP) is 2.01. The fraction of sp³-hybridized carbons (Fsp3) is 0.750. The van der Waals surface area contributed by atoms with Crippen LogP contribution in [0.4, 0.5) is 11.9 Å². The standard InChI is InChI=1S/C12H21N5OS/c1-4-7-13-9-15-10(17-11(16-9)18-2)14-8-12(19-3)5-6-12/h4-8H2,1-3H3,(H2,13,14,15,16,17). The number of thioether (sulfide) groups is 1. The van der Waals surface area contributed by atoms with Crippen LogP contribution in [0.5, 0.6) is 6.01 Å². The number of nitrogens with one attached hydrogen (secondary N) is 2. The molecule has 0 atom stereocenters. The Morgan fingerprint density at radius 3 is 2.42 bits per heavy atom. The van der Waals surface area contributed by atoms with E-state index in [0.29, 0.717) is 22.7 Å². The number of nitrogens with zero attached hydrogens (tertiary/aromatic N) is 3. The second kappa shape index (κ2) is 6.27. The lowest BCUT2D eigenvalue weighted by Crippen LogP contribution is -2.19. The summed E-state index contributed by atoms with van der Waals surface area (Å²) in [5, 5.41) is 6.44. The lowest BCUT2D eigenvalue weighted by molar-refractivity contribution is 0.379. The SMILES string of the molecule is CCCNc1nc(NCC2(SC)CC2)nc(OC)n1. The summed E-state index contributed by atoms with van der Waals surface area (Å²) < 4.78 is 5.47. The van der Waals surface area contributed by atoms with Crippen LogP contribution in [-0.4, -0.2) is 46.2 Å². The van der Waals surface area contributed by atoms with E-state index in [1.807, 2.05) is 11.8 Å². The summed E-state index contributed by atoms with van der Waals surface area (Å²) >= 11 is 1.90. The van der Waals surface area contributed by atoms with Crippen LogP contribution < -0.4 is 15.4 Å². The van der Waals surface area contributed by atoms with Crippen molar-refractivity contribution in [3.05, 3.63) is 0 Å². The number of hydrogen-bond donors (Lipinski definition) is 2. The maximum atomic E-state index is 5.10. The summed E-state index contributed by atoms with van der Waals surface area (Å²) in [5.74, 6) is 1.14. The molecule has 0 spiro atoms. The number of ether oxygens (including phenoxy) is 1. The van der Waals surface area contributed by atoms with Gasteiger partial charge in [0, 0.05) is 17.8 Å². The Labute approximate surface area is 118 Å². The van der Waals surface area contributed by atoms with E-state index in [0.717, 1.165) is 19.5 Å². The van der Waals surface area contributed by atoms with Crippen molar-refractivity contribution in [1.29, 1.82) is 0 Å². The van der Waals surface area contributed by atoms with Crippen molar-refractivity contribution < 1.29 is 4.74 Å².